The number of rotatable bonds is 2. The molecule has 3 aromatic rings. The summed E-state index contributed by atoms with van der Waals surface area (Å²) < 4.78 is 0.595. The van der Waals surface area contributed by atoms with Crippen LogP contribution in [0.15, 0.2) is 47.1 Å². The Balaban J connectivity index is 2.15. The third kappa shape index (κ3) is 2.20. The number of anilines is 1. The number of nitrogens with one attached hydrogen (secondary N) is 1. The van der Waals surface area contributed by atoms with E-state index in [-0.39, 0.29) is 5.78 Å². The topological polar surface area (TPSA) is 82.7 Å². The number of carbonyl (C=O) groups excluding carboxylic acids is 1. The molecule has 0 saturated heterocycles. The van der Waals surface area contributed by atoms with E-state index in [0.717, 1.165) is 10.9 Å². The second-order valence-electron chi connectivity index (χ2n) is 4.61. The number of carbonyl (C=O) groups is 1. The number of aromatic nitrogens is 1. The molecule has 0 amide bonds. The number of aromatic amines is 1. The number of benzene rings is 2. The zero-order valence-electron chi connectivity index (χ0n) is 10.9. The van der Waals surface area contributed by atoms with E-state index < -0.39 is 0 Å². The molecule has 5 heteroatoms. The van der Waals surface area contributed by atoms with Crippen LogP contribution in [0.3, 0.4) is 0 Å². The van der Waals surface area contributed by atoms with Crippen molar-refractivity contribution in [3.05, 3.63) is 63.8 Å². The van der Waals surface area contributed by atoms with Crippen LogP contribution in [-0.2, 0) is 0 Å². The van der Waals surface area contributed by atoms with Crippen molar-refractivity contribution in [2.24, 2.45) is 0 Å². The van der Waals surface area contributed by atoms with Crippen LogP contribution in [0.25, 0.3) is 10.9 Å². The second kappa shape index (κ2) is 5.08. The molecule has 21 heavy (non-hydrogen) atoms. The maximum absolute atomic E-state index is 12.7. The molecule has 2 aromatic carbocycles. The van der Waals surface area contributed by atoms with Crippen LogP contribution in [0.1, 0.15) is 21.5 Å². The van der Waals surface area contributed by atoms with Crippen LogP contribution >= 0.6 is 15.9 Å². The lowest BCUT2D eigenvalue weighted by atomic mass is 10.0. The lowest BCUT2D eigenvalue weighted by Gasteiger charge is -2.05. The highest BCUT2D eigenvalue weighted by atomic mass is 79.9. The third-order valence-corrected chi connectivity index (χ3v) is 4.21. The van der Waals surface area contributed by atoms with Gasteiger partial charge >= 0.3 is 0 Å². The Bertz CT molecular complexity index is 906. The predicted molar refractivity (Wildman–Crippen MR) is 85.0 cm³/mol. The Morgan fingerprint density at radius 3 is 2.81 bits per heavy atom. The fourth-order valence-corrected chi connectivity index (χ4v) is 2.70. The number of H-pyrrole nitrogens is 1. The molecule has 0 spiro atoms. The van der Waals surface area contributed by atoms with Crippen LogP contribution in [-0.4, -0.2) is 10.8 Å². The van der Waals surface area contributed by atoms with Gasteiger partial charge in [-0.1, -0.05) is 12.1 Å². The molecule has 1 aromatic heterocycles. The molecule has 4 nitrogen and oxygen atoms in total. The van der Waals surface area contributed by atoms with E-state index in [2.05, 4.69) is 27.0 Å². The standard InChI is InChI=1S/C16H10BrN3O/c17-15-11(2-1-3-13(15)19)16(21)12-8-20-14-6-9(7-18)4-5-10(12)14/h1-6,8,20H,19H2. The summed E-state index contributed by atoms with van der Waals surface area (Å²) in [5, 5.41) is 9.69. The van der Waals surface area contributed by atoms with Crippen molar-refractivity contribution in [3.8, 4) is 6.07 Å². The van der Waals surface area contributed by atoms with E-state index in [4.69, 9.17) is 11.0 Å². The van der Waals surface area contributed by atoms with Gasteiger partial charge < -0.3 is 10.7 Å². The minimum absolute atomic E-state index is 0.120. The van der Waals surface area contributed by atoms with E-state index in [9.17, 15) is 4.79 Å². The SMILES string of the molecule is N#Cc1ccc2c(C(=O)c3cccc(N)c3Br)c[nH]c2c1. The highest BCUT2D eigenvalue weighted by Gasteiger charge is 2.17. The van der Waals surface area contributed by atoms with Crippen molar-refractivity contribution >= 4 is 38.3 Å². The van der Waals surface area contributed by atoms with Crippen LogP contribution in [0.4, 0.5) is 5.69 Å². The van der Waals surface area contributed by atoms with Gasteiger partial charge in [0.2, 0.25) is 0 Å². The Morgan fingerprint density at radius 1 is 1.24 bits per heavy atom. The molecule has 1 heterocycles. The van der Waals surface area contributed by atoms with Gasteiger partial charge in [-0.2, -0.15) is 5.26 Å². The van der Waals surface area contributed by atoms with Gasteiger partial charge in [0, 0.05) is 33.9 Å². The molecule has 0 aliphatic carbocycles. The molecule has 3 rings (SSSR count). The first-order chi connectivity index (χ1) is 10.1. The monoisotopic (exact) mass is 339 g/mol. The van der Waals surface area contributed by atoms with Gasteiger partial charge in [0.25, 0.3) is 0 Å². The zero-order chi connectivity index (χ0) is 15.0. The van der Waals surface area contributed by atoms with E-state index in [0.29, 0.717) is 26.9 Å². The summed E-state index contributed by atoms with van der Waals surface area (Å²) in [6.45, 7) is 0. The summed E-state index contributed by atoms with van der Waals surface area (Å²) in [6.07, 6.45) is 1.66. The van der Waals surface area contributed by atoms with Crippen LogP contribution in [0.2, 0.25) is 0 Å². The number of hydrogen-bond acceptors (Lipinski definition) is 3. The quantitative estimate of drug-likeness (QED) is 0.552. The number of nitriles is 1. The summed E-state index contributed by atoms with van der Waals surface area (Å²) >= 11 is 3.35. The number of fused-ring (bicyclic) bond motifs is 1. The van der Waals surface area contributed by atoms with Gasteiger partial charge in [0.1, 0.15) is 0 Å². The summed E-state index contributed by atoms with van der Waals surface area (Å²) in [5.41, 5.74) is 8.72. The highest BCUT2D eigenvalue weighted by Crippen LogP contribution is 2.28. The summed E-state index contributed by atoms with van der Waals surface area (Å²) in [7, 11) is 0. The fourth-order valence-electron chi connectivity index (χ4n) is 2.25. The average molecular weight is 340 g/mol. The van der Waals surface area contributed by atoms with E-state index >= 15 is 0 Å². The van der Waals surface area contributed by atoms with Crippen LogP contribution in [0, 0.1) is 11.3 Å². The van der Waals surface area contributed by atoms with Crippen molar-refractivity contribution in [2.75, 3.05) is 5.73 Å². The Kier molecular flexibility index (Phi) is 3.24. The minimum atomic E-state index is -0.120. The smallest absolute Gasteiger partial charge is 0.196 e. The molecule has 0 aliphatic heterocycles. The highest BCUT2D eigenvalue weighted by molar-refractivity contribution is 9.10. The van der Waals surface area contributed by atoms with Gasteiger partial charge in [-0.3, -0.25) is 4.79 Å². The summed E-state index contributed by atoms with van der Waals surface area (Å²) in [4.78, 5) is 15.7. The molecule has 102 valence electrons. The number of hydrogen-bond donors (Lipinski definition) is 2. The molecule has 0 radical (unpaired) electrons. The lowest BCUT2D eigenvalue weighted by molar-refractivity contribution is 0.103. The molecule has 0 atom stereocenters. The normalized spacial score (nSPS) is 10.5. The molecular formula is C16H10BrN3O. The van der Waals surface area contributed by atoms with Gasteiger partial charge in [-0.15, -0.1) is 0 Å². The molecule has 0 bridgehead atoms. The van der Waals surface area contributed by atoms with Crippen molar-refractivity contribution in [1.82, 2.24) is 4.98 Å². The van der Waals surface area contributed by atoms with E-state index in [1.54, 1.807) is 42.6 Å². The first kappa shape index (κ1) is 13.4. The molecular weight excluding hydrogens is 330 g/mol. The first-order valence-corrected chi connectivity index (χ1v) is 7.01. The van der Waals surface area contributed by atoms with Crippen LogP contribution < -0.4 is 5.73 Å². The van der Waals surface area contributed by atoms with Gasteiger partial charge in [0.05, 0.1) is 16.1 Å². The molecule has 0 fully saturated rings. The summed E-state index contributed by atoms with van der Waals surface area (Å²) in [6, 6.07) is 12.5. The van der Waals surface area contributed by atoms with Crippen molar-refractivity contribution in [2.45, 2.75) is 0 Å². The maximum Gasteiger partial charge on any atom is 0.196 e. The van der Waals surface area contributed by atoms with Gasteiger partial charge in [0.15, 0.2) is 5.78 Å². The van der Waals surface area contributed by atoms with Gasteiger partial charge in [-0.05, 0) is 40.2 Å². The Labute approximate surface area is 129 Å². The largest absolute Gasteiger partial charge is 0.398 e. The second-order valence-corrected chi connectivity index (χ2v) is 5.41. The van der Waals surface area contributed by atoms with E-state index in [1.165, 1.54) is 0 Å². The van der Waals surface area contributed by atoms with Crippen molar-refractivity contribution in [1.29, 1.82) is 5.26 Å². The lowest BCUT2D eigenvalue weighted by Crippen LogP contribution is -2.03. The van der Waals surface area contributed by atoms with Crippen molar-refractivity contribution in [3.63, 3.8) is 0 Å². The number of halogens is 1. The fraction of sp³-hybridized carbons (Fsp3) is 0. The average Bonchev–Trinajstić information content (AvgIpc) is 2.92. The van der Waals surface area contributed by atoms with Crippen LogP contribution in [0.5, 0.6) is 0 Å². The number of nitrogens with zero attached hydrogens (tertiary/aromatic N) is 1. The summed E-state index contributed by atoms with van der Waals surface area (Å²) in [5.74, 6) is -0.120. The number of ketones is 1. The molecule has 0 aliphatic rings. The number of nitrogen functional groups attached to an aromatic ring is 1. The van der Waals surface area contributed by atoms with E-state index in [1.807, 2.05) is 0 Å². The number of nitrogens with two attached hydrogens (primary N) is 1. The van der Waals surface area contributed by atoms with Crippen molar-refractivity contribution < 1.29 is 4.79 Å². The Hall–Kier alpha value is -2.58. The third-order valence-electron chi connectivity index (χ3n) is 3.33. The Morgan fingerprint density at radius 2 is 2.05 bits per heavy atom. The minimum Gasteiger partial charge on any atom is -0.398 e. The molecule has 3 N–H and O–H groups in total. The molecule has 0 unspecified atom stereocenters. The predicted octanol–water partition coefficient (Wildman–Crippen LogP) is 3.62. The first-order valence-electron chi connectivity index (χ1n) is 6.21. The molecule has 0 saturated carbocycles. The maximum atomic E-state index is 12.7. The zero-order valence-corrected chi connectivity index (χ0v) is 12.4. The van der Waals surface area contributed by atoms with Gasteiger partial charge in [-0.25, -0.2) is 0 Å².